The smallest absolute Gasteiger partial charge is 0.304 e. The number of benzene rings is 2. The number of anilines is 1. The van der Waals surface area contributed by atoms with Crippen molar-refractivity contribution in [3.8, 4) is 0 Å². The van der Waals surface area contributed by atoms with Crippen LogP contribution in [0.4, 0.5) is 10.1 Å². The molecule has 2 aromatic carbocycles. The van der Waals surface area contributed by atoms with Crippen LogP contribution in [-0.2, 0) is 26.3 Å². The molecular formula is C24H32ClFN4O4S. The van der Waals surface area contributed by atoms with Crippen LogP contribution in [0, 0.1) is 5.82 Å². The number of rotatable bonds is 11. The summed E-state index contributed by atoms with van der Waals surface area (Å²) < 4.78 is 42.4. The van der Waals surface area contributed by atoms with Crippen LogP contribution in [-0.4, -0.2) is 62.2 Å². The van der Waals surface area contributed by atoms with Gasteiger partial charge in [0.05, 0.1) is 5.69 Å². The molecule has 1 atom stereocenters. The largest absolute Gasteiger partial charge is 0.352 e. The van der Waals surface area contributed by atoms with Crippen molar-refractivity contribution in [2.24, 2.45) is 0 Å². The average Bonchev–Trinajstić information content (AvgIpc) is 2.78. The number of carbonyl (C=O) groups is 2. The number of carbonyl (C=O) groups excluding carboxylic acids is 2. The van der Waals surface area contributed by atoms with Crippen LogP contribution >= 0.6 is 11.6 Å². The molecule has 2 rings (SSSR count). The zero-order valence-corrected chi connectivity index (χ0v) is 22.1. The molecule has 0 bridgehead atoms. The first-order chi connectivity index (χ1) is 16.4. The fourth-order valence-corrected chi connectivity index (χ4v) is 4.63. The Labute approximate surface area is 211 Å². The SMILES string of the molecule is CCC(C(=O)NC(C)C)N(Cc1ccc(Cl)cc1)C(=O)CN(c1ccccc1F)S(=O)(=O)N(C)C. The molecule has 0 aromatic heterocycles. The zero-order chi connectivity index (χ0) is 26.3. The molecule has 0 aliphatic carbocycles. The van der Waals surface area contributed by atoms with Gasteiger partial charge in [0.1, 0.15) is 18.4 Å². The standard InChI is InChI=1S/C24H32ClFN4O4S/c1-6-21(24(32)27-17(2)3)29(15-18-11-13-19(25)14-12-18)23(31)16-30(35(33,34)28(4)5)22-10-8-7-9-20(22)26/h7-14,17,21H,6,15-16H2,1-5H3,(H,27,32). The minimum atomic E-state index is -4.23. The first kappa shape index (κ1) is 28.5. The molecule has 0 spiro atoms. The van der Waals surface area contributed by atoms with Crippen molar-refractivity contribution >= 4 is 39.3 Å². The molecule has 35 heavy (non-hydrogen) atoms. The number of para-hydroxylation sites is 1. The number of nitrogens with zero attached hydrogens (tertiary/aromatic N) is 3. The molecule has 2 aromatic rings. The van der Waals surface area contributed by atoms with Crippen LogP contribution in [0.2, 0.25) is 5.02 Å². The van der Waals surface area contributed by atoms with Gasteiger partial charge in [-0.3, -0.25) is 9.59 Å². The second kappa shape index (κ2) is 12.3. The lowest BCUT2D eigenvalue weighted by atomic mass is 10.1. The summed E-state index contributed by atoms with van der Waals surface area (Å²) >= 11 is 5.98. The molecule has 11 heteroatoms. The fraction of sp³-hybridized carbons (Fsp3) is 0.417. The summed E-state index contributed by atoms with van der Waals surface area (Å²) in [6.45, 7) is 4.71. The van der Waals surface area contributed by atoms with E-state index in [2.05, 4.69) is 5.32 Å². The summed E-state index contributed by atoms with van der Waals surface area (Å²) in [6.07, 6.45) is 0.290. The normalized spacial score (nSPS) is 12.5. The van der Waals surface area contributed by atoms with E-state index in [0.717, 1.165) is 10.4 Å². The second-order valence-electron chi connectivity index (χ2n) is 8.48. The minimum absolute atomic E-state index is 0.0349. The lowest BCUT2D eigenvalue weighted by molar-refractivity contribution is -0.140. The molecule has 0 fully saturated rings. The van der Waals surface area contributed by atoms with Crippen LogP contribution in [0.5, 0.6) is 0 Å². The van der Waals surface area contributed by atoms with Gasteiger partial charge in [-0.05, 0) is 50.1 Å². The Morgan fingerprint density at radius 1 is 1.06 bits per heavy atom. The minimum Gasteiger partial charge on any atom is -0.352 e. The van der Waals surface area contributed by atoms with Gasteiger partial charge in [-0.25, -0.2) is 8.70 Å². The fourth-order valence-electron chi connectivity index (χ4n) is 3.44. The highest BCUT2D eigenvalue weighted by Crippen LogP contribution is 2.24. The molecule has 8 nitrogen and oxygen atoms in total. The van der Waals surface area contributed by atoms with Gasteiger partial charge in [0, 0.05) is 31.7 Å². The molecule has 192 valence electrons. The molecule has 0 radical (unpaired) electrons. The molecule has 0 aliphatic heterocycles. The molecule has 2 amide bonds. The molecule has 1 N–H and O–H groups in total. The Morgan fingerprint density at radius 2 is 1.66 bits per heavy atom. The highest BCUT2D eigenvalue weighted by molar-refractivity contribution is 7.90. The molecular weight excluding hydrogens is 495 g/mol. The number of hydrogen-bond acceptors (Lipinski definition) is 4. The number of halogens is 2. The van der Waals surface area contributed by atoms with Gasteiger partial charge in [0.2, 0.25) is 11.8 Å². The van der Waals surface area contributed by atoms with E-state index in [9.17, 15) is 22.4 Å². The highest BCUT2D eigenvalue weighted by atomic mass is 35.5. The van der Waals surface area contributed by atoms with Crippen LogP contribution in [0.25, 0.3) is 0 Å². The Morgan fingerprint density at radius 3 is 2.17 bits per heavy atom. The molecule has 0 aliphatic rings. The van der Waals surface area contributed by atoms with Crippen LogP contribution in [0.1, 0.15) is 32.8 Å². The Balaban J connectivity index is 2.51. The van der Waals surface area contributed by atoms with Gasteiger partial charge >= 0.3 is 10.2 Å². The first-order valence-corrected chi connectivity index (χ1v) is 12.9. The van der Waals surface area contributed by atoms with E-state index in [0.29, 0.717) is 14.9 Å². The van der Waals surface area contributed by atoms with Crippen molar-refractivity contribution < 1.29 is 22.4 Å². The summed E-state index contributed by atoms with van der Waals surface area (Å²) in [5.41, 5.74) is 0.437. The van der Waals surface area contributed by atoms with Gasteiger partial charge in [-0.15, -0.1) is 0 Å². The van der Waals surface area contributed by atoms with Crippen molar-refractivity contribution in [1.29, 1.82) is 0 Å². The maximum atomic E-state index is 14.6. The third-order valence-electron chi connectivity index (χ3n) is 5.22. The number of amides is 2. The van der Waals surface area contributed by atoms with Crippen molar-refractivity contribution in [1.82, 2.24) is 14.5 Å². The monoisotopic (exact) mass is 526 g/mol. The summed E-state index contributed by atoms with van der Waals surface area (Å²) in [4.78, 5) is 27.9. The van der Waals surface area contributed by atoms with Crippen molar-refractivity contribution in [2.45, 2.75) is 45.8 Å². The van der Waals surface area contributed by atoms with E-state index in [1.54, 1.807) is 45.0 Å². The number of nitrogens with one attached hydrogen (secondary N) is 1. The van der Waals surface area contributed by atoms with Crippen molar-refractivity contribution in [2.75, 3.05) is 24.9 Å². The summed E-state index contributed by atoms with van der Waals surface area (Å²) in [7, 11) is -1.64. The Bertz CT molecular complexity index is 1130. The predicted molar refractivity (Wildman–Crippen MR) is 136 cm³/mol. The topological polar surface area (TPSA) is 90.0 Å². The third-order valence-corrected chi connectivity index (χ3v) is 7.28. The van der Waals surface area contributed by atoms with E-state index < -0.39 is 34.5 Å². The first-order valence-electron chi connectivity index (χ1n) is 11.2. The third kappa shape index (κ3) is 7.39. The zero-order valence-electron chi connectivity index (χ0n) is 20.5. The lowest BCUT2D eigenvalue weighted by Gasteiger charge is -2.34. The molecule has 0 saturated carbocycles. The van der Waals surface area contributed by atoms with E-state index in [1.807, 2.05) is 0 Å². The van der Waals surface area contributed by atoms with Gasteiger partial charge in [-0.1, -0.05) is 42.8 Å². The van der Waals surface area contributed by atoms with Gasteiger partial charge in [-0.2, -0.15) is 12.7 Å². The average molecular weight is 527 g/mol. The summed E-state index contributed by atoms with van der Waals surface area (Å²) in [6, 6.07) is 11.1. The molecule has 0 heterocycles. The van der Waals surface area contributed by atoms with Crippen LogP contribution < -0.4 is 9.62 Å². The van der Waals surface area contributed by atoms with Gasteiger partial charge < -0.3 is 10.2 Å². The highest BCUT2D eigenvalue weighted by Gasteiger charge is 2.34. The van der Waals surface area contributed by atoms with Crippen LogP contribution in [0.3, 0.4) is 0 Å². The van der Waals surface area contributed by atoms with Crippen molar-refractivity contribution in [3.05, 3.63) is 64.9 Å². The summed E-state index contributed by atoms with van der Waals surface area (Å²) in [5, 5.41) is 3.33. The predicted octanol–water partition coefficient (Wildman–Crippen LogP) is 3.42. The Hall–Kier alpha value is -2.69. The van der Waals surface area contributed by atoms with E-state index >= 15 is 0 Å². The molecule has 1 unspecified atom stereocenters. The van der Waals surface area contributed by atoms with E-state index in [-0.39, 0.29) is 30.6 Å². The van der Waals surface area contributed by atoms with Crippen LogP contribution in [0.15, 0.2) is 48.5 Å². The maximum absolute atomic E-state index is 14.6. The van der Waals surface area contributed by atoms with E-state index in [1.165, 1.54) is 37.2 Å². The second-order valence-corrected chi connectivity index (χ2v) is 11.0. The Kier molecular flexibility index (Phi) is 10.1. The number of hydrogen-bond donors (Lipinski definition) is 1. The van der Waals surface area contributed by atoms with Gasteiger partial charge in [0.25, 0.3) is 0 Å². The van der Waals surface area contributed by atoms with Crippen molar-refractivity contribution in [3.63, 3.8) is 0 Å². The lowest BCUT2D eigenvalue weighted by Crippen LogP contribution is -2.54. The van der Waals surface area contributed by atoms with Gasteiger partial charge in [0.15, 0.2) is 0 Å². The summed E-state index contributed by atoms with van der Waals surface area (Å²) in [5.74, 6) is -1.81. The van der Waals surface area contributed by atoms with E-state index in [4.69, 9.17) is 11.6 Å². The molecule has 0 saturated heterocycles. The quantitative estimate of drug-likeness (QED) is 0.486. The maximum Gasteiger partial charge on any atom is 0.304 e.